The highest BCUT2D eigenvalue weighted by Gasteiger charge is 2.19. The summed E-state index contributed by atoms with van der Waals surface area (Å²) in [6.45, 7) is 2.23. The zero-order valence-electron chi connectivity index (χ0n) is 14.5. The van der Waals surface area contributed by atoms with E-state index in [9.17, 15) is 4.79 Å². The molecule has 0 unspecified atom stereocenters. The summed E-state index contributed by atoms with van der Waals surface area (Å²) in [6.07, 6.45) is 0. The van der Waals surface area contributed by atoms with Crippen LogP contribution < -0.4 is 10.1 Å². The van der Waals surface area contributed by atoms with Crippen LogP contribution in [0.15, 0.2) is 59.8 Å². The number of para-hydroxylation sites is 2. The van der Waals surface area contributed by atoms with Gasteiger partial charge < -0.3 is 10.1 Å². The lowest BCUT2D eigenvalue weighted by molar-refractivity contribution is -0.120. The van der Waals surface area contributed by atoms with Gasteiger partial charge in [-0.1, -0.05) is 48.2 Å². The number of amides is 1. The van der Waals surface area contributed by atoms with Crippen LogP contribution in [0.4, 0.5) is 0 Å². The zero-order chi connectivity index (χ0) is 18.4. The molecular formula is C18H19N5O2S. The summed E-state index contributed by atoms with van der Waals surface area (Å²) in [4.78, 5) is 12.4. The maximum Gasteiger partial charge on any atom is 0.233 e. The Balaban J connectivity index is 1.63. The average Bonchev–Trinajstić information content (AvgIpc) is 3.15. The second kappa shape index (κ2) is 8.48. The first-order valence-corrected chi connectivity index (χ1v) is 8.97. The minimum Gasteiger partial charge on any atom is -0.496 e. The third-order valence-corrected chi connectivity index (χ3v) is 4.77. The second-order valence-corrected chi connectivity index (χ2v) is 6.81. The van der Waals surface area contributed by atoms with Gasteiger partial charge in [0.25, 0.3) is 0 Å². The lowest BCUT2D eigenvalue weighted by atomic mass is 10.2. The molecule has 0 spiro atoms. The number of methoxy groups -OCH3 is 1. The predicted molar refractivity (Wildman–Crippen MR) is 99.3 cm³/mol. The Morgan fingerprint density at radius 3 is 2.69 bits per heavy atom. The second-order valence-electron chi connectivity index (χ2n) is 5.50. The molecule has 134 valence electrons. The fourth-order valence-corrected chi connectivity index (χ4v) is 3.20. The molecule has 7 nitrogen and oxygen atoms in total. The summed E-state index contributed by atoms with van der Waals surface area (Å²) < 4.78 is 6.92. The Morgan fingerprint density at radius 2 is 1.92 bits per heavy atom. The molecule has 0 fully saturated rings. The number of thioether (sulfide) groups is 1. The van der Waals surface area contributed by atoms with E-state index in [1.807, 2.05) is 61.5 Å². The Hall–Kier alpha value is -2.87. The molecule has 0 aliphatic rings. The molecule has 0 bridgehead atoms. The van der Waals surface area contributed by atoms with Crippen LogP contribution in [0.1, 0.15) is 12.5 Å². The Labute approximate surface area is 155 Å². The minimum absolute atomic E-state index is 0.0940. The summed E-state index contributed by atoms with van der Waals surface area (Å²) in [7, 11) is 1.61. The lowest BCUT2D eigenvalue weighted by Crippen LogP contribution is -2.30. The van der Waals surface area contributed by atoms with Crippen molar-refractivity contribution in [3.8, 4) is 11.4 Å². The number of nitrogens with zero attached hydrogens (tertiary/aromatic N) is 4. The molecule has 0 radical (unpaired) electrons. The molecular weight excluding hydrogens is 350 g/mol. The van der Waals surface area contributed by atoms with Gasteiger partial charge in [0, 0.05) is 12.1 Å². The standard InChI is InChI=1S/C18H19N5O2S/c1-13(17(24)19-12-14-8-6-7-11-16(14)25-2)26-18-20-21-22-23(18)15-9-4-3-5-10-15/h3-11,13H,12H2,1-2H3,(H,19,24)/t13-/m0/s1. The van der Waals surface area contributed by atoms with Crippen LogP contribution >= 0.6 is 11.8 Å². The molecule has 0 saturated heterocycles. The molecule has 0 saturated carbocycles. The third-order valence-electron chi connectivity index (χ3n) is 3.74. The van der Waals surface area contributed by atoms with Crippen molar-refractivity contribution in [1.82, 2.24) is 25.5 Å². The Bertz CT molecular complexity index is 869. The van der Waals surface area contributed by atoms with Crippen LogP contribution in [-0.2, 0) is 11.3 Å². The van der Waals surface area contributed by atoms with Gasteiger partial charge in [0.1, 0.15) is 5.75 Å². The van der Waals surface area contributed by atoms with Gasteiger partial charge in [-0.2, -0.15) is 4.68 Å². The number of carbonyl (C=O) groups excluding carboxylic acids is 1. The quantitative estimate of drug-likeness (QED) is 0.644. The minimum atomic E-state index is -0.349. The van der Waals surface area contributed by atoms with E-state index in [2.05, 4.69) is 20.8 Å². The summed E-state index contributed by atoms with van der Waals surface area (Å²) in [5.41, 5.74) is 1.77. The van der Waals surface area contributed by atoms with Gasteiger partial charge in [-0.25, -0.2) is 0 Å². The molecule has 1 atom stereocenters. The van der Waals surface area contributed by atoms with Crippen LogP contribution in [-0.4, -0.2) is 38.5 Å². The van der Waals surface area contributed by atoms with Gasteiger partial charge in [0.05, 0.1) is 18.0 Å². The van der Waals surface area contributed by atoms with Crippen molar-refractivity contribution in [2.75, 3.05) is 7.11 Å². The number of tetrazole rings is 1. The number of benzene rings is 2. The highest BCUT2D eigenvalue weighted by atomic mass is 32.2. The summed E-state index contributed by atoms with van der Waals surface area (Å²) in [5, 5.41) is 14.9. The molecule has 1 heterocycles. The third kappa shape index (κ3) is 4.20. The number of nitrogens with one attached hydrogen (secondary N) is 1. The van der Waals surface area contributed by atoms with Crippen molar-refractivity contribution in [2.24, 2.45) is 0 Å². The van der Waals surface area contributed by atoms with E-state index in [4.69, 9.17) is 4.74 Å². The highest BCUT2D eigenvalue weighted by Crippen LogP contribution is 2.23. The summed E-state index contributed by atoms with van der Waals surface area (Å²) in [6, 6.07) is 17.2. The molecule has 3 aromatic rings. The van der Waals surface area contributed by atoms with Gasteiger partial charge in [-0.3, -0.25) is 4.79 Å². The zero-order valence-corrected chi connectivity index (χ0v) is 15.3. The van der Waals surface area contributed by atoms with Crippen molar-refractivity contribution < 1.29 is 9.53 Å². The lowest BCUT2D eigenvalue weighted by Gasteiger charge is -2.13. The predicted octanol–water partition coefficient (Wildman–Crippen LogP) is 2.47. The van der Waals surface area contributed by atoms with E-state index in [1.165, 1.54) is 11.8 Å². The average molecular weight is 369 g/mol. The van der Waals surface area contributed by atoms with E-state index in [0.717, 1.165) is 17.0 Å². The summed E-state index contributed by atoms with van der Waals surface area (Å²) >= 11 is 1.31. The molecule has 1 amide bonds. The van der Waals surface area contributed by atoms with E-state index in [1.54, 1.807) is 11.8 Å². The van der Waals surface area contributed by atoms with Gasteiger partial charge in [-0.15, -0.1) is 5.10 Å². The first kappa shape index (κ1) is 17.9. The topological polar surface area (TPSA) is 81.9 Å². The number of ether oxygens (including phenoxy) is 1. The highest BCUT2D eigenvalue weighted by molar-refractivity contribution is 8.00. The molecule has 1 N–H and O–H groups in total. The van der Waals surface area contributed by atoms with E-state index < -0.39 is 0 Å². The molecule has 26 heavy (non-hydrogen) atoms. The SMILES string of the molecule is COc1ccccc1CNC(=O)[C@H](C)Sc1nnnn1-c1ccccc1. The van der Waals surface area contributed by atoms with E-state index in [0.29, 0.717) is 11.7 Å². The van der Waals surface area contributed by atoms with E-state index in [-0.39, 0.29) is 11.2 Å². The van der Waals surface area contributed by atoms with E-state index >= 15 is 0 Å². The molecule has 2 aromatic carbocycles. The maximum absolute atomic E-state index is 12.4. The number of carbonyl (C=O) groups is 1. The maximum atomic E-state index is 12.4. The van der Waals surface area contributed by atoms with Crippen LogP contribution in [0.2, 0.25) is 0 Å². The summed E-state index contributed by atoms with van der Waals surface area (Å²) in [5.74, 6) is 0.657. The molecule has 1 aromatic heterocycles. The van der Waals surface area contributed by atoms with Crippen molar-refractivity contribution in [2.45, 2.75) is 23.9 Å². The molecule has 0 aliphatic heterocycles. The Morgan fingerprint density at radius 1 is 1.19 bits per heavy atom. The largest absolute Gasteiger partial charge is 0.496 e. The van der Waals surface area contributed by atoms with Crippen LogP contribution in [0.3, 0.4) is 0 Å². The van der Waals surface area contributed by atoms with Gasteiger partial charge >= 0.3 is 0 Å². The van der Waals surface area contributed by atoms with Crippen LogP contribution in [0.25, 0.3) is 5.69 Å². The van der Waals surface area contributed by atoms with Crippen molar-refractivity contribution in [3.63, 3.8) is 0 Å². The van der Waals surface area contributed by atoms with Crippen molar-refractivity contribution in [1.29, 1.82) is 0 Å². The smallest absolute Gasteiger partial charge is 0.233 e. The molecule has 8 heteroatoms. The van der Waals surface area contributed by atoms with Crippen LogP contribution in [0, 0.1) is 0 Å². The van der Waals surface area contributed by atoms with Crippen molar-refractivity contribution in [3.05, 3.63) is 60.2 Å². The number of hydrogen-bond donors (Lipinski definition) is 1. The van der Waals surface area contributed by atoms with Gasteiger partial charge in [-0.05, 0) is 35.5 Å². The fourth-order valence-electron chi connectivity index (χ4n) is 2.37. The number of hydrogen-bond acceptors (Lipinski definition) is 6. The Kier molecular flexibility index (Phi) is 5.85. The molecule has 3 rings (SSSR count). The number of aromatic nitrogens is 4. The normalized spacial score (nSPS) is 11.8. The monoisotopic (exact) mass is 369 g/mol. The van der Waals surface area contributed by atoms with Crippen LogP contribution in [0.5, 0.6) is 5.75 Å². The first-order valence-electron chi connectivity index (χ1n) is 8.09. The molecule has 0 aliphatic carbocycles. The van der Waals surface area contributed by atoms with Gasteiger partial charge in [0.15, 0.2) is 0 Å². The van der Waals surface area contributed by atoms with Gasteiger partial charge in [0.2, 0.25) is 11.1 Å². The fraction of sp³-hybridized carbons (Fsp3) is 0.222. The number of rotatable bonds is 7. The van der Waals surface area contributed by atoms with Crippen molar-refractivity contribution >= 4 is 17.7 Å². The first-order chi connectivity index (χ1) is 12.7.